The Morgan fingerprint density at radius 3 is 2.75 bits per heavy atom. The van der Waals surface area contributed by atoms with Gasteiger partial charge in [-0.05, 0) is 13.8 Å². The van der Waals surface area contributed by atoms with E-state index in [-0.39, 0.29) is 18.4 Å². The molecule has 16 heavy (non-hydrogen) atoms. The summed E-state index contributed by atoms with van der Waals surface area (Å²) in [5.41, 5.74) is 0.908. The smallest absolute Gasteiger partial charge is 0.305 e. The van der Waals surface area contributed by atoms with E-state index in [1.807, 2.05) is 13.8 Å². The maximum atomic E-state index is 11.8. The molecule has 0 radical (unpaired) electrons. The predicted molar refractivity (Wildman–Crippen MR) is 58.0 cm³/mol. The highest BCUT2D eigenvalue weighted by Gasteiger charge is 2.27. The molecule has 0 bridgehead atoms. The summed E-state index contributed by atoms with van der Waals surface area (Å²) in [6.07, 6.45) is 1.46. The number of hydrogen-bond donors (Lipinski definition) is 1. The van der Waals surface area contributed by atoms with Crippen molar-refractivity contribution in [2.24, 2.45) is 0 Å². The molecule has 0 aromatic rings. The van der Waals surface area contributed by atoms with Gasteiger partial charge in [0, 0.05) is 12.6 Å². The number of ether oxygens (including phenoxy) is 1. The molecule has 5 heteroatoms. The molecule has 1 aliphatic rings. The molecule has 5 nitrogen and oxygen atoms in total. The number of carbonyl (C=O) groups is 2. The summed E-state index contributed by atoms with van der Waals surface area (Å²) in [6, 6.07) is -0.352. The van der Waals surface area contributed by atoms with Gasteiger partial charge in [-0.25, -0.2) is 0 Å². The highest BCUT2D eigenvalue weighted by atomic mass is 16.5. The van der Waals surface area contributed by atoms with Crippen LogP contribution in [0.1, 0.15) is 20.3 Å². The van der Waals surface area contributed by atoms with Crippen LogP contribution in [0.3, 0.4) is 0 Å². The van der Waals surface area contributed by atoms with Crippen molar-refractivity contribution >= 4 is 11.9 Å². The van der Waals surface area contributed by atoms with Crippen LogP contribution in [-0.4, -0.2) is 47.7 Å². The second-order valence-electron chi connectivity index (χ2n) is 4.08. The molecule has 1 unspecified atom stereocenters. The molecule has 90 valence electrons. The van der Waals surface area contributed by atoms with E-state index in [0.717, 1.165) is 5.57 Å². The maximum absolute atomic E-state index is 11.8. The van der Waals surface area contributed by atoms with Gasteiger partial charge in [0.1, 0.15) is 0 Å². The minimum absolute atomic E-state index is 0.0671. The van der Waals surface area contributed by atoms with Crippen LogP contribution in [-0.2, 0) is 14.3 Å². The number of hydrogen-bond acceptors (Lipinski definition) is 3. The fourth-order valence-electron chi connectivity index (χ4n) is 1.65. The van der Waals surface area contributed by atoms with Crippen LogP contribution in [0.25, 0.3) is 0 Å². The topological polar surface area (TPSA) is 66.8 Å². The van der Waals surface area contributed by atoms with Gasteiger partial charge in [-0.2, -0.15) is 0 Å². The Morgan fingerprint density at radius 2 is 2.19 bits per heavy atom. The van der Waals surface area contributed by atoms with Crippen LogP contribution in [0, 0.1) is 0 Å². The van der Waals surface area contributed by atoms with Crippen molar-refractivity contribution in [3.8, 4) is 0 Å². The van der Waals surface area contributed by atoms with Crippen molar-refractivity contribution in [3.05, 3.63) is 11.6 Å². The van der Waals surface area contributed by atoms with E-state index < -0.39 is 5.97 Å². The van der Waals surface area contributed by atoms with Crippen molar-refractivity contribution < 1.29 is 19.4 Å². The lowest BCUT2D eigenvalue weighted by Crippen LogP contribution is -2.49. The molecule has 1 saturated heterocycles. The van der Waals surface area contributed by atoms with Gasteiger partial charge in [0.2, 0.25) is 5.91 Å². The normalized spacial score (nSPS) is 20.4. The largest absolute Gasteiger partial charge is 0.481 e. The minimum Gasteiger partial charge on any atom is -0.481 e. The summed E-state index contributed by atoms with van der Waals surface area (Å²) < 4.78 is 5.19. The average molecular weight is 227 g/mol. The zero-order valence-corrected chi connectivity index (χ0v) is 9.60. The Kier molecular flexibility index (Phi) is 4.49. The van der Waals surface area contributed by atoms with Gasteiger partial charge >= 0.3 is 5.97 Å². The fraction of sp³-hybridized carbons (Fsp3) is 0.636. The molecule has 1 rings (SSSR count). The zero-order valence-electron chi connectivity index (χ0n) is 9.60. The van der Waals surface area contributed by atoms with Crippen LogP contribution in [0.2, 0.25) is 0 Å². The zero-order chi connectivity index (χ0) is 12.1. The molecule has 1 atom stereocenters. The van der Waals surface area contributed by atoms with Crippen LogP contribution < -0.4 is 0 Å². The number of aliphatic carboxylic acids is 1. The van der Waals surface area contributed by atoms with Gasteiger partial charge in [-0.1, -0.05) is 5.57 Å². The van der Waals surface area contributed by atoms with Crippen LogP contribution in [0.5, 0.6) is 0 Å². The third-order valence-electron chi connectivity index (χ3n) is 2.33. The van der Waals surface area contributed by atoms with E-state index in [1.165, 1.54) is 6.08 Å². The fourth-order valence-corrected chi connectivity index (χ4v) is 1.65. The van der Waals surface area contributed by atoms with Crippen molar-refractivity contribution in [2.45, 2.75) is 26.3 Å². The molecular weight excluding hydrogens is 210 g/mol. The van der Waals surface area contributed by atoms with Gasteiger partial charge in [-0.3, -0.25) is 9.59 Å². The summed E-state index contributed by atoms with van der Waals surface area (Å²) in [5.74, 6) is -1.04. The number of morpholine rings is 1. The quantitative estimate of drug-likeness (QED) is 0.719. The first-order valence-corrected chi connectivity index (χ1v) is 5.25. The monoisotopic (exact) mass is 227 g/mol. The Bertz CT molecular complexity index is 307. The van der Waals surface area contributed by atoms with Gasteiger partial charge in [0.25, 0.3) is 0 Å². The van der Waals surface area contributed by atoms with Crippen LogP contribution in [0.15, 0.2) is 11.6 Å². The maximum Gasteiger partial charge on any atom is 0.305 e. The number of carbonyl (C=O) groups excluding carboxylic acids is 1. The van der Waals surface area contributed by atoms with E-state index >= 15 is 0 Å². The Hall–Kier alpha value is -1.36. The molecule has 0 aromatic carbocycles. The standard InChI is InChI=1S/C11H17NO4/c1-8(2)5-10(13)12-3-4-16-7-9(12)6-11(14)15/h5,9H,3-4,6-7H2,1-2H3,(H,14,15). The summed E-state index contributed by atoms with van der Waals surface area (Å²) in [5, 5.41) is 8.74. The first-order chi connectivity index (χ1) is 7.50. The van der Waals surface area contributed by atoms with Gasteiger partial charge in [0.05, 0.1) is 25.7 Å². The second kappa shape index (κ2) is 5.65. The molecule has 1 amide bonds. The molecule has 1 aliphatic heterocycles. The van der Waals surface area contributed by atoms with E-state index in [4.69, 9.17) is 9.84 Å². The summed E-state index contributed by atoms with van der Waals surface area (Å²) in [7, 11) is 0. The van der Waals surface area contributed by atoms with E-state index in [9.17, 15) is 9.59 Å². The van der Waals surface area contributed by atoms with Crippen LogP contribution >= 0.6 is 0 Å². The Balaban J connectivity index is 2.70. The van der Waals surface area contributed by atoms with E-state index in [1.54, 1.807) is 4.90 Å². The molecule has 1 heterocycles. The van der Waals surface area contributed by atoms with E-state index in [2.05, 4.69) is 0 Å². The summed E-state index contributed by atoms with van der Waals surface area (Å²) in [6.45, 7) is 4.91. The number of nitrogens with zero attached hydrogens (tertiary/aromatic N) is 1. The third-order valence-corrected chi connectivity index (χ3v) is 2.33. The highest BCUT2D eigenvalue weighted by Crippen LogP contribution is 2.12. The van der Waals surface area contributed by atoms with Crippen molar-refractivity contribution in [1.29, 1.82) is 0 Å². The number of rotatable bonds is 3. The molecule has 1 fully saturated rings. The first-order valence-electron chi connectivity index (χ1n) is 5.25. The van der Waals surface area contributed by atoms with Crippen molar-refractivity contribution in [3.63, 3.8) is 0 Å². The molecule has 0 saturated carbocycles. The number of carboxylic acid groups (broad SMARTS) is 1. The molecule has 0 spiro atoms. The van der Waals surface area contributed by atoms with Crippen molar-refractivity contribution in [1.82, 2.24) is 4.90 Å². The molecule has 0 aliphatic carbocycles. The Labute approximate surface area is 94.7 Å². The first kappa shape index (κ1) is 12.7. The lowest BCUT2D eigenvalue weighted by molar-refractivity contribution is -0.143. The number of allylic oxidation sites excluding steroid dienone is 1. The van der Waals surface area contributed by atoms with Gasteiger partial charge in [-0.15, -0.1) is 0 Å². The summed E-state index contributed by atoms with van der Waals surface area (Å²) >= 11 is 0. The predicted octanol–water partition coefficient (Wildman–Crippen LogP) is 0.655. The average Bonchev–Trinajstić information content (AvgIpc) is 2.16. The summed E-state index contributed by atoms with van der Waals surface area (Å²) in [4.78, 5) is 24.0. The molecule has 0 aromatic heterocycles. The molecular formula is C11H17NO4. The lowest BCUT2D eigenvalue weighted by atomic mass is 10.1. The van der Waals surface area contributed by atoms with Gasteiger partial charge in [0.15, 0.2) is 0 Å². The lowest BCUT2D eigenvalue weighted by Gasteiger charge is -2.34. The Morgan fingerprint density at radius 1 is 1.50 bits per heavy atom. The number of carboxylic acids is 1. The van der Waals surface area contributed by atoms with Gasteiger partial charge < -0.3 is 14.7 Å². The van der Waals surface area contributed by atoms with E-state index in [0.29, 0.717) is 19.8 Å². The molecule has 1 N–H and O–H groups in total. The highest BCUT2D eigenvalue weighted by molar-refractivity contribution is 5.88. The van der Waals surface area contributed by atoms with Crippen molar-refractivity contribution in [2.75, 3.05) is 19.8 Å². The number of amides is 1. The van der Waals surface area contributed by atoms with Crippen LogP contribution in [0.4, 0.5) is 0 Å². The second-order valence-corrected chi connectivity index (χ2v) is 4.08. The SMILES string of the molecule is CC(C)=CC(=O)N1CCOCC1CC(=O)O. The minimum atomic E-state index is -0.912. The third kappa shape index (κ3) is 3.66.